The van der Waals surface area contributed by atoms with Crippen LogP contribution in [0.4, 0.5) is 0 Å². The summed E-state index contributed by atoms with van der Waals surface area (Å²) < 4.78 is 14.1. The van der Waals surface area contributed by atoms with Crippen molar-refractivity contribution in [3.8, 4) is 0 Å². The van der Waals surface area contributed by atoms with Gasteiger partial charge in [-0.25, -0.2) is 0 Å². The van der Waals surface area contributed by atoms with Crippen LogP contribution in [0.15, 0.2) is 24.3 Å². The van der Waals surface area contributed by atoms with Gasteiger partial charge >= 0.3 is 0 Å². The molecule has 3 nitrogen and oxygen atoms in total. The number of hydrogen-bond acceptors (Lipinski definition) is 3. The van der Waals surface area contributed by atoms with Crippen LogP contribution in [-0.4, -0.2) is 34.6 Å². The number of carbonyl (C=O) groups excluding carboxylic acids is 1. The number of ketones is 1. The fraction of sp³-hybridized carbons (Fsp3) is 0.833. The lowest BCUT2D eigenvalue weighted by atomic mass is 9.84. The summed E-state index contributed by atoms with van der Waals surface area (Å²) in [7, 11) is -3.84. The normalized spacial score (nSPS) is 30.3. The minimum Gasteiger partial charge on any atom is -0.413 e. The summed E-state index contributed by atoms with van der Waals surface area (Å²) in [6.45, 7) is 27.5. The molecule has 0 bridgehead atoms. The van der Waals surface area contributed by atoms with Crippen molar-refractivity contribution >= 4 is 22.4 Å². The van der Waals surface area contributed by atoms with Crippen LogP contribution in [0.1, 0.15) is 86.5 Å². The predicted octanol–water partition coefficient (Wildman–Crippen LogP) is 8.69. The highest BCUT2D eigenvalue weighted by Crippen LogP contribution is 2.51. The number of hydrogen-bond donors (Lipinski definition) is 0. The largest absolute Gasteiger partial charge is 0.413 e. The highest BCUT2D eigenvalue weighted by atomic mass is 28.4. The number of Topliss-reactive ketones (excluding diaryl/α,β-unsaturated/α-hetero) is 1. The average molecular weight is 519 g/mol. The Morgan fingerprint density at radius 3 is 2.06 bits per heavy atom. The van der Waals surface area contributed by atoms with E-state index >= 15 is 0 Å². The average Bonchev–Trinajstić information content (AvgIpc) is 3.19. The van der Waals surface area contributed by atoms with E-state index in [0.29, 0.717) is 11.8 Å². The van der Waals surface area contributed by atoms with Gasteiger partial charge in [0.15, 0.2) is 22.4 Å². The van der Waals surface area contributed by atoms with Crippen LogP contribution in [0, 0.1) is 23.7 Å². The molecule has 0 aromatic heterocycles. The zero-order valence-electron chi connectivity index (χ0n) is 24.5. The molecule has 3 saturated carbocycles. The Labute approximate surface area is 218 Å². The van der Waals surface area contributed by atoms with Gasteiger partial charge < -0.3 is 8.85 Å². The lowest BCUT2D eigenvalue weighted by Crippen LogP contribution is -2.46. The standard InChI is InChI=1S/C30H54O3Si2/c1-21-19-24-23(27(20-25(24)28(21)31)33-35(10,11)30(5,6)7)17-18-26(22-15-13-12-14-16-22)32-34(8,9)29(2,3)4/h17-18,22-27H,1,12-16,19-20H2,2-11H3/t23-,24-,25-,26+,27+/m0/s1. The van der Waals surface area contributed by atoms with Gasteiger partial charge in [-0.3, -0.25) is 4.79 Å². The van der Waals surface area contributed by atoms with E-state index in [1.54, 1.807) is 0 Å². The Morgan fingerprint density at radius 2 is 1.51 bits per heavy atom. The zero-order chi connectivity index (χ0) is 26.4. The van der Waals surface area contributed by atoms with E-state index in [0.717, 1.165) is 18.4 Å². The second kappa shape index (κ2) is 10.3. The minimum absolute atomic E-state index is 0.0846. The highest BCUT2D eigenvalue weighted by Gasteiger charge is 2.53. The van der Waals surface area contributed by atoms with Gasteiger partial charge in [-0.1, -0.05) is 79.5 Å². The van der Waals surface area contributed by atoms with Crippen molar-refractivity contribution in [1.29, 1.82) is 0 Å². The summed E-state index contributed by atoms with van der Waals surface area (Å²) in [5, 5.41) is 0.346. The van der Waals surface area contributed by atoms with Gasteiger partial charge in [-0.05, 0) is 79.4 Å². The molecule has 0 aromatic rings. The van der Waals surface area contributed by atoms with Crippen molar-refractivity contribution in [1.82, 2.24) is 0 Å². The van der Waals surface area contributed by atoms with Gasteiger partial charge in [0, 0.05) is 11.8 Å². The molecule has 3 rings (SSSR count). The number of fused-ring (bicyclic) bond motifs is 1. The quantitative estimate of drug-likeness (QED) is 0.192. The zero-order valence-corrected chi connectivity index (χ0v) is 26.5. The summed E-state index contributed by atoms with van der Waals surface area (Å²) in [6.07, 6.45) is 13.3. The molecule has 0 aliphatic heterocycles. The van der Waals surface area contributed by atoms with Crippen molar-refractivity contribution < 1.29 is 13.6 Å². The van der Waals surface area contributed by atoms with Crippen LogP contribution in [-0.2, 0) is 13.6 Å². The van der Waals surface area contributed by atoms with Crippen LogP contribution in [0.5, 0.6) is 0 Å². The molecule has 200 valence electrons. The van der Waals surface area contributed by atoms with Gasteiger partial charge in [0.2, 0.25) is 0 Å². The second-order valence-corrected chi connectivity index (χ2v) is 24.3. The Bertz CT molecular complexity index is 808. The van der Waals surface area contributed by atoms with E-state index < -0.39 is 16.6 Å². The van der Waals surface area contributed by atoms with Gasteiger partial charge in [0.25, 0.3) is 0 Å². The molecule has 3 aliphatic rings. The maximum atomic E-state index is 12.9. The fourth-order valence-corrected chi connectivity index (χ4v) is 8.48. The highest BCUT2D eigenvalue weighted by molar-refractivity contribution is 6.74. The molecule has 0 N–H and O–H groups in total. The van der Waals surface area contributed by atoms with Crippen molar-refractivity contribution in [3.63, 3.8) is 0 Å². The first kappa shape index (κ1) is 29.1. The fourth-order valence-electron chi connectivity index (χ4n) is 5.81. The van der Waals surface area contributed by atoms with E-state index in [9.17, 15) is 4.79 Å². The second-order valence-electron chi connectivity index (χ2n) is 14.8. The Kier molecular flexibility index (Phi) is 8.59. The third-order valence-corrected chi connectivity index (χ3v) is 19.2. The molecule has 0 unspecified atom stereocenters. The summed E-state index contributed by atoms with van der Waals surface area (Å²) in [6, 6.07) is 0. The van der Waals surface area contributed by atoms with Crippen molar-refractivity contribution in [3.05, 3.63) is 24.3 Å². The lowest BCUT2D eigenvalue weighted by molar-refractivity contribution is -0.118. The molecule has 0 saturated heterocycles. The van der Waals surface area contributed by atoms with Gasteiger partial charge in [-0.2, -0.15) is 0 Å². The van der Waals surface area contributed by atoms with Gasteiger partial charge in [0.05, 0.1) is 12.2 Å². The molecular weight excluding hydrogens is 464 g/mol. The first-order chi connectivity index (χ1) is 15.9. The van der Waals surface area contributed by atoms with Crippen LogP contribution < -0.4 is 0 Å². The topological polar surface area (TPSA) is 35.5 Å². The van der Waals surface area contributed by atoms with Crippen LogP contribution in [0.3, 0.4) is 0 Å². The summed E-state index contributed by atoms with van der Waals surface area (Å²) in [5.41, 5.74) is 0.825. The molecule has 3 fully saturated rings. The van der Waals surface area contributed by atoms with Crippen LogP contribution in [0.25, 0.3) is 0 Å². The Morgan fingerprint density at radius 1 is 0.943 bits per heavy atom. The molecule has 0 amide bonds. The SMILES string of the molecule is C=C1C[C@H]2[C@H](C=C[C@@H](O[Si](C)(C)C(C)(C)C)C3CCCCC3)[C@H](O[Si](C)(C)C(C)(C)C)C[C@@H]2C1=O. The number of carbonyl (C=O) groups is 1. The van der Waals surface area contributed by atoms with Crippen LogP contribution >= 0.6 is 0 Å². The molecule has 5 atom stereocenters. The third-order valence-electron chi connectivity index (χ3n) is 10.2. The van der Waals surface area contributed by atoms with Gasteiger partial charge in [0.1, 0.15) is 0 Å². The first-order valence-electron chi connectivity index (χ1n) is 14.2. The van der Waals surface area contributed by atoms with Gasteiger partial charge in [-0.15, -0.1) is 0 Å². The first-order valence-corrected chi connectivity index (χ1v) is 20.0. The Balaban J connectivity index is 1.90. The minimum atomic E-state index is -1.94. The van der Waals surface area contributed by atoms with Crippen LogP contribution in [0.2, 0.25) is 36.3 Å². The molecule has 0 radical (unpaired) electrons. The molecule has 0 aromatic carbocycles. The number of allylic oxidation sites excluding steroid dienone is 1. The smallest absolute Gasteiger partial charge is 0.192 e. The molecule has 3 aliphatic carbocycles. The van der Waals surface area contributed by atoms with E-state index in [-0.39, 0.29) is 39.9 Å². The van der Waals surface area contributed by atoms with E-state index in [2.05, 4.69) is 86.5 Å². The lowest BCUT2D eigenvalue weighted by Gasteiger charge is -2.42. The maximum absolute atomic E-state index is 12.9. The van der Waals surface area contributed by atoms with E-state index in [1.165, 1.54) is 32.1 Å². The molecule has 5 heteroatoms. The predicted molar refractivity (Wildman–Crippen MR) is 154 cm³/mol. The third kappa shape index (κ3) is 6.33. The Hall–Kier alpha value is -0.496. The molecule has 35 heavy (non-hydrogen) atoms. The summed E-state index contributed by atoms with van der Waals surface area (Å²) in [5.74, 6) is 1.58. The molecule has 0 spiro atoms. The molecular formula is C30H54O3Si2. The van der Waals surface area contributed by atoms with Crippen molar-refractivity contribution in [2.75, 3.05) is 0 Å². The number of rotatable bonds is 7. The van der Waals surface area contributed by atoms with E-state index in [1.807, 2.05) is 0 Å². The summed E-state index contributed by atoms with van der Waals surface area (Å²) >= 11 is 0. The maximum Gasteiger partial charge on any atom is 0.192 e. The van der Waals surface area contributed by atoms with Crippen molar-refractivity contribution in [2.24, 2.45) is 23.7 Å². The summed E-state index contributed by atoms with van der Waals surface area (Å²) in [4.78, 5) is 12.9. The monoisotopic (exact) mass is 518 g/mol. The molecule has 0 heterocycles. The van der Waals surface area contributed by atoms with Crippen molar-refractivity contribution in [2.45, 2.75) is 135 Å². The van der Waals surface area contributed by atoms with E-state index in [4.69, 9.17) is 8.85 Å².